The smallest absolute Gasteiger partial charge is 0.381 e. The zero-order chi connectivity index (χ0) is 13.2. The first-order valence-electron chi connectivity index (χ1n) is 5.15. The zero-order valence-electron chi connectivity index (χ0n) is 9.52. The molecule has 2 rings (SSSR count). The van der Waals surface area contributed by atoms with Crippen LogP contribution < -0.4 is 0 Å². The van der Waals surface area contributed by atoms with E-state index in [1.807, 2.05) is 0 Å². The molecule has 2 nitrogen and oxygen atoms in total. The molecule has 0 atom stereocenters. The number of hydrogen-bond donors (Lipinski definition) is 0. The highest BCUT2D eigenvalue weighted by Gasteiger charge is 2.43. The number of benzene rings is 1. The number of carbonyl (C=O) groups excluding carboxylic acids is 1. The van der Waals surface area contributed by atoms with Gasteiger partial charge in [-0.3, -0.25) is 0 Å². The van der Waals surface area contributed by atoms with E-state index in [0.717, 1.165) is 7.11 Å². The van der Waals surface area contributed by atoms with E-state index in [-0.39, 0.29) is 5.56 Å². The maximum absolute atomic E-state index is 13.9. The van der Waals surface area contributed by atoms with Crippen LogP contribution in [0.2, 0.25) is 0 Å². The van der Waals surface area contributed by atoms with Crippen LogP contribution in [0.1, 0.15) is 5.56 Å². The number of halogens is 2. The largest absolute Gasteiger partial charge is 0.464 e. The maximum Gasteiger partial charge on any atom is 0.381 e. The minimum atomic E-state index is -3.65. The van der Waals surface area contributed by atoms with Crippen LogP contribution in [0.3, 0.4) is 0 Å². The minimum absolute atomic E-state index is 0.338. The molecule has 0 aliphatic heterocycles. The molecule has 0 aliphatic rings. The summed E-state index contributed by atoms with van der Waals surface area (Å²) in [6, 6.07) is 7.67. The molecule has 2 aromatic rings. The van der Waals surface area contributed by atoms with Gasteiger partial charge in [-0.2, -0.15) is 20.1 Å². The zero-order valence-corrected chi connectivity index (χ0v) is 10.3. The molecular formula is C13H10F2O2S. The number of rotatable bonds is 3. The molecule has 0 spiro atoms. The second kappa shape index (κ2) is 4.86. The van der Waals surface area contributed by atoms with E-state index >= 15 is 0 Å². The normalized spacial score (nSPS) is 11.3. The number of thiophene rings is 1. The van der Waals surface area contributed by atoms with Crippen LogP contribution in [0.15, 0.2) is 41.1 Å². The van der Waals surface area contributed by atoms with Crippen LogP contribution in [-0.4, -0.2) is 13.1 Å². The molecule has 18 heavy (non-hydrogen) atoms. The van der Waals surface area contributed by atoms with E-state index in [1.54, 1.807) is 29.0 Å². The highest BCUT2D eigenvalue weighted by molar-refractivity contribution is 7.08. The molecule has 0 N–H and O–H groups in total. The third-order valence-electron chi connectivity index (χ3n) is 2.54. The summed E-state index contributed by atoms with van der Waals surface area (Å²) in [7, 11) is 0.948. The molecular weight excluding hydrogens is 258 g/mol. The quantitative estimate of drug-likeness (QED) is 0.794. The molecule has 0 amide bonds. The lowest BCUT2D eigenvalue weighted by Crippen LogP contribution is -2.27. The number of ether oxygens (including phenoxy) is 1. The van der Waals surface area contributed by atoms with Crippen LogP contribution in [-0.2, 0) is 15.5 Å². The Balaban J connectivity index is 2.55. The molecule has 0 unspecified atom stereocenters. The Kier molecular flexibility index (Phi) is 3.43. The molecule has 0 saturated carbocycles. The van der Waals surface area contributed by atoms with Crippen LogP contribution in [0.4, 0.5) is 8.78 Å². The van der Waals surface area contributed by atoms with Crippen molar-refractivity contribution in [3.8, 4) is 11.1 Å². The SMILES string of the molecule is COC(=O)C(F)(F)c1ccccc1-c1ccsc1. The summed E-state index contributed by atoms with van der Waals surface area (Å²) < 4.78 is 32.0. The van der Waals surface area contributed by atoms with Crippen LogP contribution in [0.5, 0.6) is 0 Å². The lowest BCUT2D eigenvalue weighted by molar-refractivity contribution is -0.170. The molecule has 1 aromatic heterocycles. The van der Waals surface area contributed by atoms with E-state index in [2.05, 4.69) is 4.74 Å². The molecule has 1 aromatic carbocycles. The van der Waals surface area contributed by atoms with E-state index < -0.39 is 11.9 Å². The van der Waals surface area contributed by atoms with Gasteiger partial charge in [0.1, 0.15) is 0 Å². The van der Waals surface area contributed by atoms with Crippen molar-refractivity contribution < 1.29 is 18.3 Å². The summed E-state index contributed by atoms with van der Waals surface area (Å²) in [6.07, 6.45) is 0. The van der Waals surface area contributed by atoms with Crippen molar-refractivity contribution in [2.45, 2.75) is 5.92 Å². The first-order valence-corrected chi connectivity index (χ1v) is 6.10. The van der Waals surface area contributed by atoms with Crippen molar-refractivity contribution in [3.63, 3.8) is 0 Å². The van der Waals surface area contributed by atoms with E-state index in [4.69, 9.17) is 0 Å². The van der Waals surface area contributed by atoms with Crippen LogP contribution >= 0.6 is 11.3 Å². The number of esters is 1. The topological polar surface area (TPSA) is 26.3 Å². The Hall–Kier alpha value is -1.75. The van der Waals surface area contributed by atoms with E-state index in [9.17, 15) is 13.6 Å². The molecule has 0 saturated heterocycles. The standard InChI is InChI=1S/C13H10F2O2S/c1-17-12(16)13(14,15)11-5-3-2-4-10(11)9-6-7-18-8-9/h2-8H,1H3. The van der Waals surface area contributed by atoms with Gasteiger partial charge >= 0.3 is 11.9 Å². The Morgan fingerprint density at radius 2 is 2.00 bits per heavy atom. The molecule has 0 aliphatic carbocycles. The summed E-state index contributed by atoms with van der Waals surface area (Å²) in [5, 5.41) is 3.55. The second-order valence-corrected chi connectivity index (χ2v) is 4.40. The molecule has 1 heterocycles. The summed E-state index contributed by atoms with van der Waals surface area (Å²) in [5.74, 6) is -5.20. The van der Waals surface area contributed by atoms with Crippen LogP contribution in [0, 0.1) is 0 Å². The number of hydrogen-bond acceptors (Lipinski definition) is 3. The van der Waals surface area contributed by atoms with Gasteiger partial charge in [0.2, 0.25) is 0 Å². The van der Waals surface area contributed by atoms with Crippen molar-refractivity contribution >= 4 is 17.3 Å². The Morgan fingerprint density at radius 3 is 2.61 bits per heavy atom. The van der Waals surface area contributed by atoms with Gasteiger partial charge in [-0.15, -0.1) is 0 Å². The molecule has 0 bridgehead atoms. The fraction of sp³-hybridized carbons (Fsp3) is 0.154. The average Bonchev–Trinajstić information content (AvgIpc) is 2.91. The van der Waals surface area contributed by atoms with E-state index in [1.165, 1.54) is 23.5 Å². The van der Waals surface area contributed by atoms with Gasteiger partial charge < -0.3 is 4.74 Å². The van der Waals surface area contributed by atoms with Crippen molar-refractivity contribution in [2.75, 3.05) is 7.11 Å². The number of alkyl halides is 2. The molecule has 0 fully saturated rings. The fourth-order valence-electron chi connectivity index (χ4n) is 1.66. The Morgan fingerprint density at radius 1 is 1.28 bits per heavy atom. The van der Waals surface area contributed by atoms with Gasteiger partial charge in [-0.1, -0.05) is 24.3 Å². The third kappa shape index (κ3) is 2.13. The fourth-order valence-corrected chi connectivity index (χ4v) is 2.32. The van der Waals surface area contributed by atoms with Crippen molar-refractivity contribution in [1.29, 1.82) is 0 Å². The van der Waals surface area contributed by atoms with E-state index in [0.29, 0.717) is 11.1 Å². The maximum atomic E-state index is 13.9. The van der Waals surface area contributed by atoms with Gasteiger partial charge in [-0.25, -0.2) is 4.79 Å². The lowest BCUT2D eigenvalue weighted by atomic mass is 9.97. The Labute approximate surface area is 107 Å². The molecule has 94 valence electrons. The number of methoxy groups -OCH3 is 1. The van der Waals surface area contributed by atoms with Crippen LogP contribution in [0.25, 0.3) is 11.1 Å². The van der Waals surface area contributed by atoms with Crippen molar-refractivity contribution in [1.82, 2.24) is 0 Å². The van der Waals surface area contributed by atoms with Crippen molar-refractivity contribution in [3.05, 3.63) is 46.7 Å². The second-order valence-electron chi connectivity index (χ2n) is 3.62. The predicted octanol–water partition coefficient (Wildman–Crippen LogP) is 3.68. The van der Waals surface area contributed by atoms with Gasteiger partial charge in [-0.05, 0) is 28.0 Å². The Bertz CT molecular complexity index is 550. The summed E-state index contributed by atoms with van der Waals surface area (Å²) in [6.45, 7) is 0. The van der Waals surface area contributed by atoms with Crippen molar-refractivity contribution in [2.24, 2.45) is 0 Å². The average molecular weight is 268 g/mol. The van der Waals surface area contributed by atoms with Gasteiger partial charge in [0, 0.05) is 5.56 Å². The first-order chi connectivity index (χ1) is 8.57. The summed E-state index contributed by atoms with van der Waals surface area (Å²) in [4.78, 5) is 11.2. The minimum Gasteiger partial charge on any atom is -0.464 e. The predicted molar refractivity (Wildman–Crippen MR) is 65.7 cm³/mol. The molecule has 0 radical (unpaired) electrons. The third-order valence-corrected chi connectivity index (χ3v) is 3.22. The van der Waals surface area contributed by atoms with Gasteiger partial charge in [0.25, 0.3) is 0 Å². The highest BCUT2D eigenvalue weighted by Crippen LogP contribution is 2.37. The first kappa shape index (κ1) is 12.7. The highest BCUT2D eigenvalue weighted by atomic mass is 32.1. The monoisotopic (exact) mass is 268 g/mol. The summed E-state index contributed by atoms with van der Waals surface area (Å²) in [5.41, 5.74) is 0.670. The summed E-state index contributed by atoms with van der Waals surface area (Å²) >= 11 is 1.41. The van der Waals surface area contributed by atoms with Gasteiger partial charge in [0.15, 0.2) is 0 Å². The number of carbonyl (C=O) groups is 1. The molecule has 5 heteroatoms. The van der Waals surface area contributed by atoms with Gasteiger partial charge in [0.05, 0.1) is 7.11 Å². The lowest BCUT2D eigenvalue weighted by Gasteiger charge is -2.17.